The Hall–Kier alpha value is -4.57. The fourth-order valence-electron chi connectivity index (χ4n) is 3.94. The lowest BCUT2D eigenvalue weighted by Crippen LogP contribution is -2.02. The third kappa shape index (κ3) is 7.57. The molecule has 0 aromatic heterocycles. The number of hydrogen-bond donors (Lipinski definition) is 6. The van der Waals surface area contributed by atoms with Crippen LogP contribution in [0.5, 0.6) is 11.5 Å². The largest absolute Gasteiger partial charge is 0.505 e. The summed E-state index contributed by atoms with van der Waals surface area (Å²) in [5.41, 5.74) is 4.94. The van der Waals surface area contributed by atoms with Crippen molar-refractivity contribution < 1.29 is 53.9 Å². The summed E-state index contributed by atoms with van der Waals surface area (Å²) in [7, 11) is -14.6. The average Bonchev–Trinajstić information content (AvgIpc) is 2.94. The molecule has 0 saturated heterocycles. The number of phenolic OH excluding ortho intramolecular Hbond substituents is 1. The van der Waals surface area contributed by atoms with Crippen molar-refractivity contribution in [2.45, 2.75) is 21.6 Å². The molecular formula is C25H23N5O12S3. The van der Waals surface area contributed by atoms with Crippen molar-refractivity contribution in [2.24, 2.45) is 20.5 Å². The van der Waals surface area contributed by atoms with Crippen molar-refractivity contribution in [2.75, 3.05) is 18.9 Å². The number of aryl methyl sites for hydroxylation is 1. The number of phenols is 1. The number of ether oxygens (including phenoxy) is 1. The summed E-state index contributed by atoms with van der Waals surface area (Å²) in [4.78, 5) is -2.31. The molecule has 0 aliphatic heterocycles. The second-order valence-corrected chi connectivity index (χ2v) is 13.4. The van der Waals surface area contributed by atoms with Crippen LogP contribution in [0.3, 0.4) is 0 Å². The number of nitrogen functional groups attached to an aromatic ring is 1. The zero-order chi connectivity index (χ0) is 33.3. The molecule has 4 aromatic carbocycles. The van der Waals surface area contributed by atoms with Gasteiger partial charge in [-0.3, -0.25) is 13.7 Å². The molecule has 4 rings (SSSR count). The minimum Gasteiger partial charge on any atom is -0.505 e. The number of aromatic hydroxyl groups is 1. The highest BCUT2D eigenvalue weighted by Crippen LogP contribution is 2.43. The highest BCUT2D eigenvalue weighted by Gasteiger charge is 2.23. The first-order chi connectivity index (χ1) is 20.9. The van der Waals surface area contributed by atoms with E-state index in [4.69, 9.17) is 10.5 Å². The Bertz CT molecular complexity index is 2220. The van der Waals surface area contributed by atoms with Gasteiger partial charge in [0.2, 0.25) is 0 Å². The lowest BCUT2D eigenvalue weighted by Gasteiger charge is -2.11. The van der Waals surface area contributed by atoms with E-state index in [0.717, 1.165) is 12.1 Å². The van der Waals surface area contributed by atoms with Crippen molar-refractivity contribution in [1.29, 1.82) is 0 Å². The van der Waals surface area contributed by atoms with Crippen LogP contribution >= 0.6 is 0 Å². The van der Waals surface area contributed by atoms with Crippen LogP contribution in [0.2, 0.25) is 0 Å². The van der Waals surface area contributed by atoms with E-state index < -0.39 is 68.8 Å². The molecule has 0 unspecified atom stereocenters. The molecule has 0 aliphatic rings. The maximum Gasteiger partial charge on any atom is 0.296 e. The van der Waals surface area contributed by atoms with Crippen molar-refractivity contribution in [3.63, 3.8) is 0 Å². The number of nitrogens with zero attached hydrogens (tertiary/aromatic N) is 4. The van der Waals surface area contributed by atoms with E-state index >= 15 is 0 Å². The van der Waals surface area contributed by atoms with E-state index in [-0.39, 0.29) is 45.8 Å². The minimum absolute atomic E-state index is 0.0110. The van der Waals surface area contributed by atoms with Crippen LogP contribution in [-0.2, 0) is 30.4 Å². The number of aliphatic hydroxyl groups excluding tert-OH is 1. The fourth-order valence-corrected chi connectivity index (χ4v) is 5.70. The van der Waals surface area contributed by atoms with Gasteiger partial charge in [-0.05, 0) is 60.3 Å². The molecule has 0 fully saturated rings. The Morgan fingerprint density at radius 3 is 2.00 bits per heavy atom. The molecule has 7 N–H and O–H groups in total. The number of anilines is 1. The van der Waals surface area contributed by atoms with Gasteiger partial charge in [0.15, 0.2) is 5.75 Å². The van der Waals surface area contributed by atoms with E-state index in [1.54, 1.807) is 0 Å². The Morgan fingerprint density at radius 2 is 1.38 bits per heavy atom. The Labute approximate surface area is 255 Å². The molecule has 0 bridgehead atoms. The lowest BCUT2D eigenvalue weighted by molar-refractivity contribution is 0.202. The molecule has 0 saturated carbocycles. The second kappa shape index (κ2) is 12.4. The smallest absolute Gasteiger partial charge is 0.296 e. The maximum absolute atomic E-state index is 12.1. The van der Waals surface area contributed by atoms with Crippen LogP contribution in [0.4, 0.5) is 28.4 Å². The van der Waals surface area contributed by atoms with Gasteiger partial charge in [-0.2, -0.15) is 30.4 Å². The normalized spacial score (nSPS) is 12.8. The van der Waals surface area contributed by atoms with E-state index in [2.05, 4.69) is 20.5 Å². The second-order valence-electron chi connectivity index (χ2n) is 9.19. The van der Waals surface area contributed by atoms with Gasteiger partial charge in [-0.25, -0.2) is 0 Å². The number of hydrogen-bond acceptors (Lipinski definition) is 14. The molecule has 0 atom stereocenters. The van der Waals surface area contributed by atoms with Crippen LogP contribution < -0.4 is 10.5 Å². The lowest BCUT2D eigenvalue weighted by atomic mass is 10.1. The average molecular weight is 682 g/mol. The van der Waals surface area contributed by atoms with E-state index in [9.17, 15) is 49.1 Å². The molecule has 238 valence electrons. The predicted molar refractivity (Wildman–Crippen MR) is 158 cm³/mol. The topological polar surface area (TPSA) is 288 Å². The summed E-state index contributed by atoms with van der Waals surface area (Å²) in [5, 5.41) is 35.9. The highest BCUT2D eigenvalue weighted by molar-refractivity contribution is 7.86. The third-order valence-corrected chi connectivity index (χ3v) is 8.63. The molecule has 17 nitrogen and oxygen atoms in total. The number of benzene rings is 4. The van der Waals surface area contributed by atoms with Crippen LogP contribution in [0.25, 0.3) is 10.8 Å². The van der Waals surface area contributed by atoms with E-state index in [1.165, 1.54) is 37.3 Å². The highest BCUT2D eigenvalue weighted by atomic mass is 32.2. The molecule has 0 aliphatic carbocycles. The molecule has 20 heteroatoms. The van der Waals surface area contributed by atoms with Gasteiger partial charge in [0.05, 0.1) is 17.2 Å². The number of aliphatic hydroxyl groups is 1. The molecule has 0 heterocycles. The number of nitrogens with two attached hydrogens (primary N) is 1. The summed E-state index contributed by atoms with van der Waals surface area (Å²) >= 11 is 0. The van der Waals surface area contributed by atoms with Crippen molar-refractivity contribution in [3.8, 4) is 11.5 Å². The minimum atomic E-state index is -4.91. The zero-order valence-electron chi connectivity index (χ0n) is 22.8. The van der Waals surface area contributed by atoms with Crippen LogP contribution in [0, 0.1) is 6.92 Å². The summed E-state index contributed by atoms with van der Waals surface area (Å²) < 4.78 is 105. The van der Waals surface area contributed by atoms with Gasteiger partial charge in [0.25, 0.3) is 30.4 Å². The number of rotatable bonds is 10. The van der Waals surface area contributed by atoms with Crippen LogP contribution in [0.1, 0.15) is 5.56 Å². The third-order valence-electron chi connectivity index (χ3n) is 6.01. The zero-order valence-corrected chi connectivity index (χ0v) is 25.2. The summed E-state index contributed by atoms with van der Waals surface area (Å²) in [6.07, 6.45) is 0. The first-order valence-electron chi connectivity index (χ1n) is 12.2. The molecule has 4 aromatic rings. The molecule has 45 heavy (non-hydrogen) atoms. The van der Waals surface area contributed by atoms with Crippen molar-refractivity contribution in [3.05, 3.63) is 60.2 Å². The van der Waals surface area contributed by atoms with Gasteiger partial charge >= 0.3 is 0 Å². The monoisotopic (exact) mass is 681 g/mol. The first kappa shape index (κ1) is 33.3. The van der Waals surface area contributed by atoms with E-state index in [1.807, 2.05) is 0 Å². The Kier molecular flexibility index (Phi) is 9.21. The van der Waals surface area contributed by atoms with E-state index in [0.29, 0.717) is 12.1 Å². The molecule has 0 radical (unpaired) electrons. The van der Waals surface area contributed by atoms with Gasteiger partial charge in [-0.15, -0.1) is 15.3 Å². The standard InChI is InChI=1S/C25H23N5O12S3/c1-13-8-19(28-30-24-23(45(39,40)41)9-14-2-3-15(26)10-17(14)25(24)32)21(42-7-6-31)12-18(13)27-29-20-11-16(43(33,34)35)4-5-22(20)44(36,37)38/h2-5,8-12,31-32H,6-7,26H2,1H3,(H,33,34,35)(H,36,37,38)(H,39,40,41). The maximum atomic E-state index is 12.1. The quantitative estimate of drug-likeness (QED) is 0.0770. The first-order valence-corrected chi connectivity index (χ1v) is 16.6. The van der Waals surface area contributed by atoms with Crippen molar-refractivity contribution in [1.82, 2.24) is 0 Å². The predicted octanol–water partition coefficient (Wildman–Crippen LogP) is 4.38. The molecule has 0 spiro atoms. The summed E-state index contributed by atoms with van der Waals surface area (Å²) in [6, 6.07) is 9.94. The SMILES string of the molecule is Cc1cc(N=Nc2c(S(=O)(=O)O)cc3ccc(N)cc3c2O)c(OCCO)cc1N=Nc1cc(S(=O)(=O)O)ccc1S(=O)(=O)O. The Balaban J connectivity index is 1.85. The van der Waals surface area contributed by atoms with Gasteiger partial charge < -0.3 is 20.7 Å². The Morgan fingerprint density at radius 1 is 0.733 bits per heavy atom. The molecule has 0 amide bonds. The van der Waals surface area contributed by atoms with Gasteiger partial charge in [0, 0.05) is 17.1 Å². The number of fused-ring (bicyclic) bond motifs is 1. The number of azo groups is 2. The molecular weight excluding hydrogens is 658 g/mol. The van der Waals surface area contributed by atoms with Gasteiger partial charge in [-0.1, -0.05) is 6.07 Å². The van der Waals surface area contributed by atoms with Crippen LogP contribution in [-0.4, -0.2) is 62.3 Å². The fraction of sp³-hybridized carbons (Fsp3) is 0.120. The summed E-state index contributed by atoms with van der Waals surface area (Å²) in [5.74, 6) is -0.773. The van der Waals surface area contributed by atoms with Gasteiger partial charge in [0.1, 0.15) is 39.2 Å². The van der Waals surface area contributed by atoms with Crippen molar-refractivity contribution >= 4 is 69.6 Å². The van der Waals surface area contributed by atoms with Crippen LogP contribution in [0.15, 0.2) is 89.7 Å². The summed E-state index contributed by atoms with van der Waals surface area (Å²) in [6.45, 7) is 0.755.